The predicted octanol–water partition coefficient (Wildman–Crippen LogP) is 7.38. The van der Waals surface area contributed by atoms with Gasteiger partial charge in [-0.25, -0.2) is 4.39 Å². The molecule has 0 radical (unpaired) electrons. The number of amides is 1. The van der Waals surface area contributed by atoms with Crippen LogP contribution >= 0.6 is 11.6 Å². The van der Waals surface area contributed by atoms with E-state index in [2.05, 4.69) is 5.32 Å². The van der Waals surface area contributed by atoms with Gasteiger partial charge in [-0.05, 0) is 70.6 Å². The summed E-state index contributed by atoms with van der Waals surface area (Å²) in [6.45, 7) is 0. The summed E-state index contributed by atoms with van der Waals surface area (Å²) in [5, 5.41) is 2.69. The fourth-order valence-corrected chi connectivity index (χ4v) is 4.24. The summed E-state index contributed by atoms with van der Waals surface area (Å²) in [6.07, 6.45) is -3.62. The van der Waals surface area contributed by atoms with Gasteiger partial charge in [0.15, 0.2) is 0 Å². The molecule has 4 aromatic carbocycles. The highest BCUT2D eigenvalue weighted by Crippen LogP contribution is 2.32. The first-order valence-electron chi connectivity index (χ1n) is 11.7. The molecule has 0 heterocycles. The summed E-state index contributed by atoms with van der Waals surface area (Å²) in [5.41, 5.74) is 2.65. The van der Waals surface area contributed by atoms with Crippen molar-refractivity contribution in [2.75, 3.05) is 7.11 Å². The van der Waals surface area contributed by atoms with Crippen LogP contribution in [0, 0.1) is 5.82 Å². The molecule has 9 heteroatoms. The number of halogens is 5. The van der Waals surface area contributed by atoms with Crippen LogP contribution in [-0.2, 0) is 17.4 Å². The van der Waals surface area contributed by atoms with E-state index in [1.54, 1.807) is 36.4 Å². The highest BCUT2D eigenvalue weighted by Gasteiger charge is 2.30. The molecule has 200 valence electrons. The second-order valence-corrected chi connectivity index (χ2v) is 9.14. The van der Waals surface area contributed by atoms with Crippen LogP contribution in [0.25, 0.3) is 22.3 Å². The molecule has 0 aliphatic rings. The Balaban J connectivity index is 1.49. The van der Waals surface area contributed by atoms with E-state index in [4.69, 9.17) is 16.3 Å². The maximum absolute atomic E-state index is 13.5. The molecule has 0 spiro atoms. The third-order valence-electron chi connectivity index (χ3n) is 6.13. The highest BCUT2D eigenvalue weighted by molar-refractivity contribution is 6.31. The van der Waals surface area contributed by atoms with Crippen LogP contribution in [0.3, 0.4) is 0 Å². The summed E-state index contributed by atoms with van der Waals surface area (Å²) in [7, 11) is 1.39. The fourth-order valence-electron chi connectivity index (χ4n) is 4.06. The van der Waals surface area contributed by atoms with Gasteiger partial charge in [0.2, 0.25) is 0 Å². The lowest BCUT2D eigenvalue weighted by Gasteiger charge is -2.16. The molecule has 0 aliphatic heterocycles. The Morgan fingerprint density at radius 2 is 1.46 bits per heavy atom. The fraction of sp³-hybridized carbons (Fsp3) is 0.133. The second-order valence-electron chi connectivity index (χ2n) is 8.74. The molecule has 0 bridgehead atoms. The van der Waals surface area contributed by atoms with Gasteiger partial charge in [0.1, 0.15) is 17.9 Å². The summed E-state index contributed by atoms with van der Waals surface area (Å²) in [4.78, 5) is 24.9. The summed E-state index contributed by atoms with van der Waals surface area (Å²) in [6, 6.07) is 20.0. The molecule has 4 rings (SSSR count). The molecule has 0 aliphatic carbocycles. The van der Waals surface area contributed by atoms with E-state index in [0.717, 1.165) is 28.8 Å². The van der Waals surface area contributed by atoms with Crippen LogP contribution in [0.4, 0.5) is 17.6 Å². The van der Waals surface area contributed by atoms with E-state index in [9.17, 15) is 27.2 Å². The zero-order valence-corrected chi connectivity index (χ0v) is 21.3. The first-order valence-corrected chi connectivity index (χ1v) is 12.1. The zero-order valence-electron chi connectivity index (χ0n) is 20.6. The third kappa shape index (κ3) is 6.64. The van der Waals surface area contributed by atoms with Gasteiger partial charge in [-0.1, -0.05) is 60.1 Å². The van der Waals surface area contributed by atoms with Crippen molar-refractivity contribution < 1.29 is 31.9 Å². The minimum atomic E-state index is -4.46. The van der Waals surface area contributed by atoms with E-state index >= 15 is 0 Å². The maximum Gasteiger partial charge on any atom is 0.416 e. The van der Waals surface area contributed by atoms with E-state index in [1.165, 1.54) is 43.5 Å². The summed E-state index contributed by atoms with van der Waals surface area (Å²) >= 11 is 5.87. The van der Waals surface area contributed by atoms with Crippen LogP contribution in [0.15, 0.2) is 84.9 Å². The van der Waals surface area contributed by atoms with Crippen molar-refractivity contribution in [2.24, 2.45) is 0 Å². The van der Waals surface area contributed by atoms with Crippen LogP contribution < -0.4 is 10.1 Å². The number of carbonyl (C=O) groups is 2. The van der Waals surface area contributed by atoms with Crippen LogP contribution in [-0.4, -0.2) is 25.3 Å². The van der Waals surface area contributed by atoms with Gasteiger partial charge in [0.25, 0.3) is 5.91 Å². The molecule has 4 aromatic rings. The van der Waals surface area contributed by atoms with Gasteiger partial charge in [0, 0.05) is 0 Å². The number of hydrogen-bond donors (Lipinski definition) is 1. The van der Waals surface area contributed by atoms with Crippen molar-refractivity contribution in [2.45, 2.75) is 18.6 Å². The molecule has 0 saturated carbocycles. The van der Waals surface area contributed by atoms with Crippen LogP contribution in [0.1, 0.15) is 21.5 Å². The minimum absolute atomic E-state index is 0.0122. The quantitative estimate of drug-likeness (QED) is 0.182. The van der Waals surface area contributed by atoms with Crippen molar-refractivity contribution in [1.29, 1.82) is 0 Å². The Kier molecular flexibility index (Phi) is 8.35. The van der Waals surface area contributed by atoms with Gasteiger partial charge in [-0.15, -0.1) is 0 Å². The largest absolute Gasteiger partial charge is 0.496 e. The lowest BCUT2D eigenvalue weighted by Crippen LogP contribution is -2.37. The Labute approximate surface area is 227 Å². The molecule has 0 aromatic heterocycles. The topological polar surface area (TPSA) is 55.4 Å². The first-order chi connectivity index (χ1) is 18.6. The monoisotopic (exact) mass is 555 g/mol. The Bertz CT molecular complexity index is 1490. The molecule has 0 unspecified atom stereocenters. The summed E-state index contributed by atoms with van der Waals surface area (Å²) < 4.78 is 57.5. The van der Waals surface area contributed by atoms with Gasteiger partial charge < -0.3 is 14.8 Å². The number of rotatable bonds is 8. The van der Waals surface area contributed by atoms with Crippen molar-refractivity contribution in [3.8, 4) is 28.0 Å². The minimum Gasteiger partial charge on any atom is -0.496 e. The number of carbonyl (C=O) groups excluding carboxylic acids is 2. The Morgan fingerprint density at radius 1 is 0.897 bits per heavy atom. The first kappa shape index (κ1) is 27.9. The van der Waals surface area contributed by atoms with Crippen molar-refractivity contribution in [3.05, 3.63) is 112 Å². The summed E-state index contributed by atoms with van der Waals surface area (Å²) in [5.74, 6) is -0.839. The second kappa shape index (κ2) is 11.7. The SMILES string of the molecule is COc1ccc(-c2ccc(C(F)(F)F)cc2)cc1C(=O)N[C@@H](C=O)Cc1ccc(-c2ccc(F)c(Cl)c2)cc1. The standard InChI is InChI=1S/C30H22ClF4NO3/c1-39-28-13-9-21(20-6-10-23(11-7-20)30(33,34)35)15-25(28)29(38)36-24(17-37)14-18-2-4-19(5-3-18)22-8-12-27(32)26(31)16-22/h2-13,15-17,24H,14H2,1H3,(H,36,38)/t24-/m1/s1. The molecular formula is C30H22ClF4NO3. The molecule has 1 atom stereocenters. The molecular weight excluding hydrogens is 534 g/mol. The predicted molar refractivity (Wildman–Crippen MR) is 141 cm³/mol. The molecule has 1 N–H and O–H groups in total. The van der Waals surface area contributed by atoms with Crippen LogP contribution in [0.2, 0.25) is 5.02 Å². The number of ether oxygens (including phenoxy) is 1. The number of alkyl halides is 3. The molecule has 4 nitrogen and oxygen atoms in total. The number of nitrogens with one attached hydrogen (secondary N) is 1. The Hall–Kier alpha value is -4.17. The number of hydrogen-bond acceptors (Lipinski definition) is 3. The van der Waals surface area contributed by atoms with E-state index < -0.39 is 29.5 Å². The zero-order chi connectivity index (χ0) is 28.2. The number of methoxy groups -OCH3 is 1. The smallest absolute Gasteiger partial charge is 0.416 e. The van der Waals surface area contributed by atoms with Crippen molar-refractivity contribution in [1.82, 2.24) is 5.32 Å². The van der Waals surface area contributed by atoms with E-state index in [-0.39, 0.29) is 22.8 Å². The number of aldehydes is 1. The molecule has 1 amide bonds. The van der Waals surface area contributed by atoms with Gasteiger partial charge in [-0.3, -0.25) is 4.79 Å². The van der Waals surface area contributed by atoms with E-state index in [0.29, 0.717) is 17.4 Å². The molecule has 39 heavy (non-hydrogen) atoms. The van der Waals surface area contributed by atoms with Gasteiger partial charge >= 0.3 is 6.18 Å². The van der Waals surface area contributed by atoms with Gasteiger partial charge in [-0.2, -0.15) is 13.2 Å². The average Bonchev–Trinajstić information content (AvgIpc) is 2.93. The number of benzene rings is 4. The normalized spacial score (nSPS) is 12.1. The average molecular weight is 556 g/mol. The van der Waals surface area contributed by atoms with Crippen molar-refractivity contribution >= 4 is 23.8 Å². The lowest BCUT2D eigenvalue weighted by molar-refractivity contribution is -0.137. The van der Waals surface area contributed by atoms with Crippen LogP contribution in [0.5, 0.6) is 5.75 Å². The maximum atomic E-state index is 13.5. The molecule has 0 fully saturated rings. The third-order valence-corrected chi connectivity index (χ3v) is 6.42. The molecule has 0 saturated heterocycles. The van der Waals surface area contributed by atoms with Gasteiger partial charge in [0.05, 0.1) is 29.3 Å². The van der Waals surface area contributed by atoms with E-state index in [1.807, 2.05) is 0 Å². The van der Waals surface area contributed by atoms with Crippen molar-refractivity contribution in [3.63, 3.8) is 0 Å². The Morgan fingerprint density at radius 3 is 2.03 bits per heavy atom. The lowest BCUT2D eigenvalue weighted by atomic mass is 9.99. The highest BCUT2D eigenvalue weighted by atomic mass is 35.5.